The van der Waals surface area contributed by atoms with Gasteiger partial charge in [0.2, 0.25) is 0 Å². The van der Waals surface area contributed by atoms with Crippen molar-refractivity contribution in [3.05, 3.63) is 47.0 Å². The molecular weight excluding hydrogens is 287 g/mol. The summed E-state index contributed by atoms with van der Waals surface area (Å²) >= 11 is 0. The molecule has 0 aliphatic heterocycles. The smallest absolute Gasteiger partial charge is 0.166 e. The number of rotatable bonds is 7. The molecule has 1 nitrogen and oxygen atoms in total. The lowest BCUT2D eigenvalue weighted by molar-refractivity contribution is 0.0758. The molecule has 0 heterocycles. The maximum absolute atomic E-state index is 14.9. The lowest BCUT2D eigenvalue weighted by Crippen LogP contribution is -2.34. The summed E-state index contributed by atoms with van der Waals surface area (Å²) in [5.41, 5.74) is 3.25. The van der Waals surface area contributed by atoms with Gasteiger partial charge in [0.15, 0.2) is 5.78 Å². The van der Waals surface area contributed by atoms with Crippen LogP contribution in [0.25, 0.3) is 0 Å². The highest BCUT2D eigenvalue weighted by Crippen LogP contribution is 2.40. The Balaban J connectivity index is 2.17. The topological polar surface area (TPSA) is 17.1 Å². The zero-order chi connectivity index (χ0) is 16.8. The molecule has 0 amide bonds. The number of hydrogen-bond acceptors (Lipinski definition) is 1. The Morgan fingerprint density at radius 3 is 2.43 bits per heavy atom. The first-order valence-corrected chi connectivity index (χ1v) is 8.93. The van der Waals surface area contributed by atoms with Gasteiger partial charge in [0, 0.05) is 17.4 Å². The van der Waals surface area contributed by atoms with E-state index in [1.807, 2.05) is 30.3 Å². The van der Waals surface area contributed by atoms with Crippen molar-refractivity contribution in [1.82, 2.24) is 0 Å². The molecule has 0 radical (unpaired) electrons. The van der Waals surface area contributed by atoms with Crippen LogP contribution in [0, 0.1) is 11.8 Å². The van der Waals surface area contributed by atoms with Crippen molar-refractivity contribution in [2.75, 3.05) is 0 Å². The van der Waals surface area contributed by atoms with Gasteiger partial charge in [0.05, 0.1) is 0 Å². The quantitative estimate of drug-likeness (QED) is 0.335. The molecule has 0 saturated heterocycles. The predicted molar refractivity (Wildman–Crippen MR) is 94.4 cm³/mol. The molecular formula is C21H29FO. The first-order valence-electron chi connectivity index (χ1n) is 8.93. The summed E-state index contributed by atoms with van der Waals surface area (Å²) in [6.45, 7) is 6.30. The molecule has 2 heteroatoms. The number of ketones is 1. The molecule has 0 spiro atoms. The summed E-state index contributed by atoms with van der Waals surface area (Å²) in [7, 11) is 0. The molecule has 0 bridgehead atoms. The van der Waals surface area contributed by atoms with E-state index in [9.17, 15) is 9.18 Å². The van der Waals surface area contributed by atoms with Crippen LogP contribution < -0.4 is 0 Å². The number of carbonyl (C=O) groups is 1. The van der Waals surface area contributed by atoms with Gasteiger partial charge in [-0.25, -0.2) is 4.39 Å². The van der Waals surface area contributed by atoms with Crippen LogP contribution in [0.15, 0.2) is 41.5 Å². The highest BCUT2D eigenvalue weighted by molar-refractivity contribution is 5.98. The van der Waals surface area contributed by atoms with Crippen molar-refractivity contribution >= 4 is 5.78 Å². The van der Waals surface area contributed by atoms with Gasteiger partial charge >= 0.3 is 0 Å². The number of benzene rings is 1. The Morgan fingerprint density at radius 1 is 1.13 bits per heavy atom. The molecule has 1 aliphatic rings. The zero-order valence-electron chi connectivity index (χ0n) is 14.6. The van der Waals surface area contributed by atoms with Crippen molar-refractivity contribution < 1.29 is 9.18 Å². The van der Waals surface area contributed by atoms with E-state index in [0.717, 1.165) is 31.2 Å². The van der Waals surface area contributed by atoms with Crippen LogP contribution in [0.5, 0.6) is 0 Å². The average molecular weight is 316 g/mol. The number of unbranched alkanes of at least 4 members (excludes halogenated alkanes) is 2. The van der Waals surface area contributed by atoms with Gasteiger partial charge in [-0.2, -0.15) is 0 Å². The fourth-order valence-electron chi connectivity index (χ4n) is 3.61. The number of alkyl halides is 1. The lowest BCUT2D eigenvalue weighted by atomic mass is 9.70. The molecule has 0 unspecified atom stereocenters. The molecule has 0 N–H and O–H groups in total. The van der Waals surface area contributed by atoms with E-state index in [4.69, 9.17) is 0 Å². The van der Waals surface area contributed by atoms with Gasteiger partial charge in [-0.05, 0) is 33.1 Å². The molecule has 0 saturated carbocycles. The van der Waals surface area contributed by atoms with Crippen LogP contribution in [-0.2, 0) is 0 Å². The summed E-state index contributed by atoms with van der Waals surface area (Å²) in [5, 5.41) is 0. The van der Waals surface area contributed by atoms with E-state index in [-0.39, 0.29) is 17.6 Å². The largest absolute Gasteiger partial charge is 0.294 e. The molecule has 23 heavy (non-hydrogen) atoms. The van der Waals surface area contributed by atoms with Crippen LogP contribution in [0.4, 0.5) is 4.39 Å². The molecule has 0 fully saturated rings. The summed E-state index contributed by atoms with van der Waals surface area (Å²) in [4.78, 5) is 12.9. The second-order valence-corrected chi connectivity index (χ2v) is 6.98. The van der Waals surface area contributed by atoms with Gasteiger partial charge in [0.1, 0.15) is 6.17 Å². The molecule has 1 aromatic rings. The Bertz CT molecular complexity index is 546. The molecule has 2 rings (SSSR count). The normalized spacial score (nSPS) is 23.0. The minimum Gasteiger partial charge on any atom is -0.294 e. The van der Waals surface area contributed by atoms with Crippen molar-refractivity contribution in [3.8, 4) is 0 Å². The lowest BCUT2D eigenvalue weighted by Gasteiger charge is -2.34. The predicted octanol–water partition coefficient (Wildman–Crippen LogP) is 6.15. The van der Waals surface area contributed by atoms with Crippen LogP contribution in [0.2, 0.25) is 0 Å². The van der Waals surface area contributed by atoms with Crippen LogP contribution >= 0.6 is 0 Å². The summed E-state index contributed by atoms with van der Waals surface area (Å²) < 4.78 is 14.9. The first-order chi connectivity index (χ1) is 11.0. The van der Waals surface area contributed by atoms with Crippen molar-refractivity contribution in [2.45, 2.75) is 65.5 Å². The van der Waals surface area contributed by atoms with Gasteiger partial charge in [-0.15, -0.1) is 0 Å². The number of hydrogen-bond donors (Lipinski definition) is 0. The van der Waals surface area contributed by atoms with Crippen LogP contribution in [-0.4, -0.2) is 12.0 Å². The Labute approximate surface area is 140 Å². The minimum absolute atomic E-state index is 0.112. The third-order valence-electron chi connectivity index (χ3n) is 5.26. The zero-order valence-corrected chi connectivity index (χ0v) is 14.6. The maximum atomic E-state index is 14.9. The van der Waals surface area contributed by atoms with E-state index in [0.29, 0.717) is 12.8 Å². The summed E-state index contributed by atoms with van der Waals surface area (Å²) in [5.74, 6) is -0.262. The molecule has 3 atom stereocenters. The second kappa shape index (κ2) is 8.42. The van der Waals surface area contributed by atoms with Gasteiger partial charge < -0.3 is 0 Å². The monoisotopic (exact) mass is 316 g/mol. The maximum Gasteiger partial charge on any atom is 0.166 e. The molecule has 1 aliphatic carbocycles. The number of Topliss-reactive ketones (excluding diaryl/α,β-unsaturated/α-hetero) is 1. The minimum atomic E-state index is -0.873. The molecule has 1 aromatic carbocycles. The van der Waals surface area contributed by atoms with E-state index in [1.54, 1.807) is 0 Å². The van der Waals surface area contributed by atoms with E-state index in [1.165, 1.54) is 11.1 Å². The second-order valence-electron chi connectivity index (χ2n) is 6.98. The third-order valence-corrected chi connectivity index (χ3v) is 5.26. The number of allylic oxidation sites excluding steroid dienone is 2. The molecule has 0 aromatic heterocycles. The summed E-state index contributed by atoms with van der Waals surface area (Å²) in [6, 6.07) is 9.38. The number of halogens is 1. The summed E-state index contributed by atoms with van der Waals surface area (Å²) in [6.07, 6.45) is 4.23. The fraction of sp³-hybridized carbons (Fsp3) is 0.571. The van der Waals surface area contributed by atoms with Gasteiger partial charge in [-0.1, -0.05) is 67.7 Å². The first kappa shape index (κ1) is 17.9. The molecule has 126 valence electrons. The van der Waals surface area contributed by atoms with E-state index < -0.39 is 6.17 Å². The standard InChI is InChI=1S/C21H29FO/c1-4-5-7-12-20(22)18-13-15(2)16(3)14-19(18)21(23)17-10-8-6-9-11-17/h6,8-11,18-20H,4-5,7,12-14H2,1-3H3/t18-,19-,20-/m1/s1. The Hall–Kier alpha value is -1.44. The third kappa shape index (κ3) is 4.53. The van der Waals surface area contributed by atoms with Crippen molar-refractivity contribution in [3.63, 3.8) is 0 Å². The Morgan fingerprint density at radius 2 is 1.78 bits per heavy atom. The van der Waals surface area contributed by atoms with Crippen LogP contribution in [0.3, 0.4) is 0 Å². The van der Waals surface area contributed by atoms with Crippen LogP contribution in [0.1, 0.15) is 69.7 Å². The SMILES string of the molecule is CCCCC[C@@H](F)[C@@H]1CC(C)=C(C)C[C@H]1C(=O)c1ccccc1. The highest BCUT2D eigenvalue weighted by atomic mass is 19.1. The van der Waals surface area contributed by atoms with E-state index in [2.05, 4.69) is 20.8 Å². The van der Waals surface area contributed by atoms with Gasteiger partial charge in [-0.3, -0.25) is 4.79 Å². The highest BCUT2D eigenvalue weighted by Gasteiger charge is 2.37. The fourth-order valence-corrected chi connectivity index (χ4v) is 3.61. The van der Waals surface area contributed by atoms with Crippen molar-refractivity contribution in [1.29, 1.82) is 0 Å². The van der Waals surface area contributed by atoms with E-state index >= 15 is 0 Å². The average Bonchev–Trinajstić information content (AvgIpc) is 2.57. The van der Waals surface area contributed by atoms with Crippen molar-refractivity contribution in [2.24, 2.45) is 11.8 Å². The number of carbonyl (C=O) groups excluding carboxylic acids is 1. The van der Waals surface area contributed by atoms with Gasteiger partial charge in [0.25, 0.3) is 0 Å². The Kier molecular flexibility index (Phi) is 6.56.